The van der Waals surface area contributed by atoms with Crippen LogP contribution < -0.4 is 15.4 Å². The minimum atomic E-state index is -0.146. The van der Waals surface area contributed by atoms with Crippen molar-refractivity contribution in [3.8, 4) is 5.75 Å². The van der Waals surface area contributed by atoms with Crippen molar-refractivity contribution >= 4 is 5.91 Å². The molecule has 0 radical (unpaired) electrons. The smallest absolute Gasteiger partial charge is 0.216 e. The molecule has 1 heterocycles. The van der Waals surface area contributed by atoms with Gasteiger partial charge in [-0.25, -0.2) is 4.39 Å². The van der Waals surface area contributed by atoms with Gasteiger partial charge in [-0.3, -0.25) is 4.79 Å². The monoisotopic (exact) mass is 488 g/mol. The van der Waals surface area contributed by atoms with Crippen molar-refractivity contribution in [1.29, 1.82) is 0 Å². The zero-order valence-electron chi connectivity index (χ0n) is 22.8. The highest BCUT2D eigenvalue weighted by Crippen LogP contribution is 2.38. The lowest BCUT2D eigenvalue weighted by atomic mass is 9.82. The van der Waals surface area contributed by atoms with Crippen LogP contribution in [-0.2, 0) is 16.8 Å². The van der Waals surface area contributed by atoms with Crippen LogP contribution in [0.5, 0.6) is 5.75 Å². The maximum atomic E-state index is 12.4. The highest BCUT2D eigenvalue weighted by Gasteiger charge is 2.33. The van der Waals surface area contributed by atoms with E-state index in [4.69, 9.17) is 9.84 Å². The molecule has 1 aliphatic heterocycles. The summed E-state index contributed by atoms with van der Waals surface area (Å²) in [5.41, 5.74) is 4.77. The number of rotatable bonds is 6. The van der Waals surface area contributed by atoms with Gasteiger partial charge in [-0.2, -0.15) is 0 Å². The molecule has 1 atom stereocenters. The molecule has 0 aromatic heterocycles. The molecule has 0 fully saturated rings. The van der Waals surface area contributed by atoms with Crippen molar-refractivity contribution in [2.24, 2.45) is 5.41 Å². The fraction of sp³-hybridized carbons (Fsp3) is 0.552. The second kappa shape index (κ2) is 14.2. The Morgan fingerprint density at radius 1 is 1.09 bits per heavy atom. The molecular weight excluding hydrogens is 443 g/mol. The van der Waals surface area contributed by atoms with E-state index in [1.54, 1.807) is 6.92 Å². The number of amides is 1. The quantitative estimate of drug-likeness (QED) is 0.474. The summed E-state index contributed by atoms with van der Waals surface area (Å²) in [7, 11) is 1.00. The van der Waals surface area contributed by atoms with Gasteiger partial charge in [-0.15, -0.1) is 0 Å². The van der Waals surface area contributed by atoms with Crippen molar-refractivity contribution in [3.05, 3.63) is 64.5 Å². The van der Waals surface area contributed by atoms with E-state index in [1.165, 1.54) is 23.3 Å². The van der Waals surface area contributed by atoms with Gasteiger partial charge in [0.05, 0.1) is 6.61 Å². The van der Waals surface area contributed by atoms with Crippen LogP contribution >= 0.6 is 0 Å². The summed E-state index contributed by atoms with van der Waals surface area (Å²) in [5.74, 6) is 0.882. The average Bonchev–Trinajstić information content (AvgIpc) is 2.74. The van der Waals surface area contributed by atoms with Gasteiger partial charge in [0.25, 0.3) is 0 Å². The van der Waals surface area contributed by atoms with Gasteiger partial charge in [0.15, 0.2) is 0 Å². The molecule has 196 valence electrons. The Labute approximate surface area is 211 Å². The zero-order chi connectivity index (χ0) is 26.6. The van der Waals surface area contributed by atoms with Gasteiger partial charge >= 0.3 is 0 Å². The maximum Gasteiger partial charge on any atom is 0.216 e. The normalized spacial score (nSPS) is 16.5. The molecule has 3 rings (SSSR count). The Hall–Kier alpha value is -2.44. The predicted octanol–water partition coefficient (Wildman–Crippen LogP) is 5.44. The lowest BCUT2D eigenvalue weighted by molar-refractivity contribution is -0.118. The molecule has 1 unspecified atom stereocenters. The lowest BCUT2D eigenvalue weighted by Crippen LogP contribution is -2.44. The molecule has 5 nitrogen and oxygen atoms in total. The van der Waals surface area contributed by atoms with Crippen molar-refractivity contribution in [2.45, 2.75) is 73.3 Å². The minimum Gasteiger partial charge on any atom is -0.493 e. The van der Waals surface area contributed by atoms with Gasteiger partial charge in [-0.05, 0) is 80.5 Å². The molecular formula is C29H45FN2O3. The number of aliphatic hydroxyl groups is 1. The van der Waals surface area contributed by atoms with Crippen LogP contribution in [0.15, 0.2) is 36.4 Å². The van der Waals surface area contributed by atoms with Crippen LogP contribution in [0.1, 0.15) is 69.7 Å². The summed E-state index contributed by atoms with van der Waals surface area (Å²) in [5, 5.41) is 13.5. The number of carbonyl (C=O) groups is 1. The lowest BCUT2D eigenvalue weighted by Gasteiger charge is -2.37. The predicted molar refractivity (Wildman–Crippen MR) is 142 cm³/mol. The van der Waals surface area contributed by atoms with E-state index in [-0.39, 0.29) is 22.7 Å². The molecule has 35 heavy (non-hydrogen) atoms. The largest absolute Gasteiger partial charge is 0.493 e. The molecule has 0 spiro atoms. The Balaban J connectivity index is 0.000000464. The van der Waals surface area contributed by atoms with Gasteiger partial charge in [0, 0.05) is 38.1 Å². The Bertz CT molecular complexity index is 890. The number of hydrogen-bond donors (Lipinski definition) is 3. The van der Waals surface area contributed by atoms with E-state index < -0.39 is 0 Å². The summed E-state index contributed by atoms with van der Waals surface area (Å²) < 4.78 is 18.3. The third kappa shape index (κ3) is 11.2. The maximum absolute atomic E-state index is 12.4. The Morgan fingerprint density at radius 2 is 1.71 bits per heavy atom. The number of aliphatic hydroxyl groups excluding tert-OH is 1. The van der Waals surface area contributed by atoms with E-state index >= 15 is 0 Å². The fourth-order valence-corrected chi connectivity index (χ4v) is 4.18. The number of hydrogen-bond acceptors (Lipinski definition) is 4. The number of carbonyl (C=O) groups excluding carboxylic acids is 1. The number of ether oxygens (including phenoxy) is 1. The summed E-state index contributed by atoms with van der Waals surface area (Å²) >= 11 is 0. The van der Waals surface area contributed by atoms with Crippen LogP contribution in [0.3, 0.4) is 0 Å². The van der Waals surface area contributed by atoms with Gasteiger partial charge in [-0.1, -0.05) is 39.0 Å². The van der Waals surface area contributed by atoms with Crippen LogP contribution in [0, 0.1) is 25.1 Å². The molecule has 0 aliphatic carbocycles. The van der Waals surface area contributed by atoms with E-state index in [9.17, 15) is 9.18 Å². The van der Waals surface area contributed by atoms with Crippen LogP contribution in [0.25, 0.3) is 0 Å². The van der Waals surface area contributed by atoms with Crippen molar-refractivity contribution < 1.29 is 19.0 Å². The number of nitrogens with one attached hydrogen (secondary N) is 2. The third-order valence-electron chi connectivity index (χ3n) is 5.66. The summed E-state index contributed by atoms with van der Waals surface area (Å²) in [4.78, 5) is 10.9. The Kier molecular flexibility index (Phi) is 12.4. The van der Waals surface area contributed by atoms with E-state index in [2.05, 4.69) is 56.5 Å². The summed E-state index contributed by atoms with van der Waals surface area (Å²) in [6.07, 6.45) is 2.94. The van der Waals surface area contributed by atoms with Crippen LogP contribution in [-0.4, -0.2) is 37.8 Å². The molecule has 1 aliphatic rings. The van der Waals surface area contributed by atoms with Gasteiger partial charge < -0.3 is 20.5 Å². The fourth-order valence-electron chi connectivity index (χ4n) is 4.18. The molecule has 0 saturated carbocycles. The number of benzene rings is 2. The zero-order valence-corrected chi connectivity index (χ0v) is 22.8. The van der Waals surface area contributed by atoms with Crippen molar-refractivity contribution in [3.63, 3.8) is 0 Å². The molecule has 6 heteroatoms. The second-order valence-corrected chi connectivity index (χ2v) is 10.6. The number of halogens is 1. The molecule has 1 amide bonds. The Morgan fingerprint density at radius 3 is 2.26 bits per heavy atom. The molecule has 0 saturated heterocycles. The summed E-state index contributed by atoms with van der Waals surface area (Å²) in [6.45, 7) is 16.7. The number of aryl methyl sites for hydroxylation is 2. The van der Waals surface area contributed by atoms with E-state index in [0.717, 1.165) is 56.4 Å². The molecule has 2 aromatic carbocycles. The first-order valence-electron chi connectivity index (χ1n) is 12.3. The first-order chi connectivity index (χ1) is 16.4. The van der Waals surface area contributed by atoms with E-state index in [1.807, 2.05) is 19.9 Å². The highest BCUT2D eigenvalue weighted by molar-refractivity contribution is 5.72. The second-order valence-electron chi connectivity index (χ2n) is 10.6. The highest BCUT2D eigenvalue weighted by atomic mass is 19.1. The van der Waals surface area contributed by atoms with Gasteiger partial charge in [0.1, 0.15) is 11.6 Å². The van der Waals surface area contributed by atoms with Crippen molar-refractivity contribution in [2.75, 3.05) is 26.8 Å². The van der Waals surface area contributed by atoms with Crippen molar-refractivity contribution in [1.82, 2.24) is 10.6 Å². The van der Waals surface area contributed by atoms with Crippen LogP contribution in [0.4, 0.5) is 4.39 Å². The molecule has 2 aromatic rings. The molecule has 0 bridgehead atoms. The SMILES string of the molecule is CC(=O)NCCCNC1(C)CCOc2ccc(CC(C)(C)C)cc21.CO.Cc1cc(C)cc(F)c1. The topological polar surface area (TPSA) is 70.6 Å². The standard InChI is InChI=1S/C20H32N2O2.C8H9F.CH4O/c1-15(23)21-10-6-11-22-20(5)9-12-24-18-8-7-16(13-17(18)20)14-19(2,3)4;1-6-3-7(2)5-8(9)4-6;1-2/h7-8,13,22H,6,9-12,14H2,1-5H3,(H,21,23);3-5H,1-2H3;2H,1H3. The van der Waals surface area contributed by atoms with Crippen LogP contribution in [0.2, 0.25) is 0 Å². The minimum absolute atomic E-state index is 0.0319. The summed E-state index contributed by atoms with van der Waals surface area (Å²) in [6, 6.07) is 11.6. The van der Waals surface area contributed by atoms with E-state index in [0.29, 0.717) is 6.54 Å². The average molecular weight is 489 g/mol. The third-order valence-corrected chi connectivity index (χ3v) is 5.66. The first kappa shape index (κ1) is 30.6. The number of fused-ring (bicyclic) bond motifs is 1. The first-order valence-corrected chi connectivity index (χ1v) is 12.3. The van der Waals surface area contributed by atoms with Gasteiger partial charge in [0.2, 0.25) is 5.91 Å². The molecule has 3 N–H and O–H groups in total.